The summed E-state index contributed by atoms with van der Waals surface area (Å²) in [5.41, 5.74) is -0.563. The van der Waals surface area contributed by atoms with Gasteiger partial charge in [0.2, 0.25) is 0 Å². The highest BCUT2D eigenvalue weighted by Gasteiger charge is 2.32. The quantitative estimate of drug-likeness (QED) is 0.520. The zero-order valence-corrected chi connectivity index (χ0v) is 14.1. The highest BCUT2D eigenvalue weighted by atomic mass is 16.5. The standard InChI is InChI=1S/C16H32N2O3/c1-5-14-13-18(11-12-21-14)10-8-7-9-16(3,17-4)15(19)20-6-2/h14,17H,5-13H2,1-4H3. The summed E-state index contributed by atoms with van der Waals surface area (Å²) in [5.74, 6) is -0.148. The molecule has 0 aliphatic carbocycles. The Morgan fingerprint density at radius 1 is 1.43 bits per heavy atom. The van der Waals surface area contributed by atoms with Crippen molar-refractivity contribution in [1.29, 1.82) is 0 Å². The fourth-order valence-corrected chi connectivity index (χ4v) is 2.66. The van der Waals surface area contributed by atoms with E-state index in [-0.39, 0.29) is 5.97 Å². The van der Waals surface area contributed by atoms with Crippen LogP contribution in [0.5, 0.6) is 0 Å². The van der Waals surface area contributed by atoms with E-state index in [4.69, 9.17) is 9.47 Å². The van der Waals surface area contributed by atoms with E-state index in [9.17, 15) is 4.79 Å². The Kier molecular flexibility index (Phi) is 8.22. The molecule has 0 saturated carbocycles. The molecule has 0 aromatic heterocycles. The lowest BCUT2D eigenvalue weighted by Gasteiger charge is -2.33. The van der Waals surface area contributed by atoms with Crippen molar-refractivity contribution in [3.63, 3.8) is 0 Å². The molecule has 1 aliphatic rings. The van der Waals surface area contributed by atoms with Gasteiger partial charge < -0.3 is 14.8 Å². The van der Waals surface area contributed by atoms with Gasteiger partial charge in [-0.2, -0.15) is 0 Å². The first-order valence-electron chi connectivity index (χ1n) is 8.25. The van der Waals surface area contributed by atoms with E-state index < -0.39 is 5.54 Å². The molecule has 1 fully saturated rings. The number of hydrogen-bond donors (Lipinski definition) is 1. The molecule has 5 heteroatoms. The van der Waals surface area contributed by atoms with Crippen molar-refractivity contribution in [3.8, 4) is 0 Å². The number of nitrogens with zero attached hydrogens (tertiary/aromatic N) is 1. The summed E-state index contributed by atoms with van der Waals surface area (Å²) in [6, 6.07) is 0. The van der Waals surface area contributed by atoms with Crippen LogP contribution in [0.4, 0.5) is 0 Å². The first-order chi connectivity index (χ1) is 10.1. The number of likely N-dealkylation sites (N-methyl/N-ethyl adjacent to an activating group) is 1. The molecular weight excluding hydrogens is 268 g/mol. The normalized spacial score (nSPS) is 22.8. The summed E-state index contributed by atoms with van der Waals surface area (Å²) < 4.78 is 10.8. The average Bonchev–Trinajstić information content (AvgIpc) is 2.51. The molecule has 1 saturated heterocycles. The summed E-state index contributed by atoms with van der Waals surface area (Å²) in [6.45, 7) is 10.4. The van der Waals surface area contributed by atoms with E-state index in [0.29, 0.717) is 12.7 Å². The van der Waals surface area contributed by atoms with Crippen LogP contribution in [0.2, 0.25) is 0 Å². The Morgan fingerprint density at radius 2 is 2.19 bits per heavy atom. The number of esters is 1. The Morgan fingerprint density at radius 3 is 2.81 bits per heavy atom. The van der Waals surface area contributed by atoms with Crippen LogP contribution in [-0.4, -0.2) is 62.4 Å². The van der Waals surface area contributed by atoms with Crippen LogP contribution in [0.25, 0.3) is 0 Å². The third-order valence-electron chi connectivity index (χ3n) is 4.36. The summed E-state index contributed by atoms with van der Waals surface area (Å²) in [7, 11) is 1.82. The van der Waals surface area contributed by atoms with Crippen molar-refractivity contribution < 1.29 is 14.3 Å². The molecule has 0 aromatic carbocycles. The van der Waals surface area contributed by atoms with Crippen LogP contribution in [-0.2, 0) is 14.3 Å². The first-order valence-corrected chi connectivity index (χ1v) is 8.25. The summed E-state index contributed by atoms with van der Waals surface area (Å²) in [5, 5.41) is 3.11. The monoisotopic (exact) mass is 300 g/mol. The number of carbonyl (C=O) groups is 1. The van der Waals surface area contributed by atoms with Gasteiger partial charge in [0.05, 0.1) is 19.3 Å². The molecule has 1 rings (SSSR count). The van der Waals surface area contributed by atoms with Crippen molar-refractivity contribution in [2.24, 2.45) is 0 Å². The molecule has 1 heterocycles. The summed E-state index contributed by atoms with van der Waals surface area (Å²) >= 11 is 0. The minimum absolute atomic E-state index is 0.148. The third-order valence-corrected chi connectivity index (χ3v) is 4.36. The Labute approximate surface area is 129 Å². The van der Waals surface area contributed by atoms with Crippen LogP contribution in [0.15, 0.2) is 0 Å². The van der Waals surface area contributed by atoms with Gasteiger partial charge >= 0.3 is 5.97 Å². The molecule has 2 unspecified atom stereocenters. The van der Waals surface area contributed by atoms with Gasteiger partial charge in [0.15, 0.2) is 0 Å². The fraction of sp³-hybridized carbons (Fsp3) is 0.938. The predicted octanol–water partition coefficient (Wildman–Crippen LogP) is 1.81. The summed E-state index contributed by atoms with van der Waals surface area (Å²) in [4.78, 5) is 14.4. The van der Waals surface area contributed by atoms with Gasteiger partial charge in [0.1, 0.15) is 5.54 Å². The molecule has 0 spiro atoms. The number of rotatable bonds is 9. The maximum absolute atomic E-state index is 12.0. The van der Waals surface area contributed by atoms with Gasteiger partial charge in [-0.1, -0.05) is 6.92 Å². The van der Waals surface area contributed by atoms with Crippen LogP contribution in [0.3, 0.4) is 0 Å². The second-order valence-electron chi connectivity index (χ2n) is 5.96. The minimum atomic E-state index is -0.563. The average molecular weight is 300 g/mol. The molecule has 0 bridgehead atoms. The molecule has 124 valence electrons. The number of morpholine rings is 1. The maximum Gasteiger partial charge on any atom is 0.326 e. The van der Waals surface area contributed by atoms with Gasteiger partial charge in [-0.3, -0.25) is 9.69 Å². The molecule has 5 nitrogen and oxygen atoms in total. The molecule has 1 aliphatic heterocycles. The Bertz CT molecular complexity index is 312. The zero-order chi connectivity index (χ0) is 15.7. The lowest BCUT2D eigenvalue weighted by Crippen LogP contribution is -2.48. The van der Waals surface area contributed by atoms with Crippen LogP contribution in [0.1, 0.15) is 46.5 Å². The topological polar surface area (TPSA) is 50.8 Å². The van der Waals surface area contributed by atoms with Crippen molar-refractivity contribution >= 4 is 5.97 Å². The number of hydrogen-bond acceptors (Lipinski definition) is 5. The third kappa shape index (κ3) is 5.93. The van der Waals surface area contributed by atoms with E-state index >= 15 is 0 Å². The number of unbranched alkanes of at least 4 members (excludes halogenated alkanes) is 1. The van der Waals surface area contributed by atoms with Crippen LogP contribution in [0, 0.1) is 0 Å². The number of ether oxygens (including phenoxy) is 2. The van der Waals surface area contributed by atoms with Gasteiger partial charge in [-0.05, 0) is 53.1 Å². The van der Waals surface area contributed by atoms with Crippen LogP contribution < -0.4 is 5.32 Å². The zero-order valence-electron chi connectivity index (χ0n) is 14.1. The summed E-state index contributed by atoms with van der Waals surface area (Å²) in [6.07, 6.45) is 4.40. The number of carbonyl (C=O) groups excluding carboxylic acids is 1. The number of nitrogens with one attached hydrogen (secondary N) is 1. The molecule has 0 amide bonds. The van der Waals surface area contributed by atoms with Crippen molar-refractivity contribution in [2.75, 3.05) is 39.9 Å². The molecule has 21 heavy (non-hydrogen) atoms. The van der Waals surface area contributed by atoms with Gasteiger partial charge in [0, 0.05) is 13.1 Å². The highest BCUT2D eigenvalue weighted by molar-refractivity contribution is 5.80. The fourth-order valence-electron chi connectivity index (χ4n) is 2.66. The van der Waals surface area contributed by atoms with E-state index in [1.807, 2.05) is 20.9 Å². The molecule has 2 atom stereocenters. The van der Waals surface area contributed by atoms with Gasteiger partial charge in [-0.25, -0.2) is 0 Å². The van der Waals surface area contributed by atoms with E-state index in [2.05, 4.69) is 17.1 Å². The second kappa shape index (κ2) is 9.38. The van der Waals surface area contributed by atoms with E-state index in [1.165, 1.54) is 0 Å². The van der Waals surface area contributed by atoms with Crippen molar-refractivity contribution in [3.05, 3.63) is 0 Å². The van der Waals surface area contributed by atoms with E-state index in [0.717, 1.165) is 51.9 Å². The lowest BCUT2D eigenvalue weighted by atomic mass is 9.95. The molecule has 0 aromatic rings. The first kappa shape index (κ1) is 18.4. The van der Waals surface area contributed by atoms with Crippen molar-refractivity contribution in [2.45, 2.75) is 58.1 Å². The second-order valence-corrected chi connectivity index (χ2v) is 5.96. The minimum Gasteiger partial charge on any atom is -0.465 e. The molecule has 0 radical (unpaired) electrons. The highest BCUT2D eigenvalue weighted by Crippen LogP contribution is 2.16. The molecular formula is C16H32N2O3. The predicted molar refractivity (Wildman–Crippen MR) is 84.4 cm³/mol. The van der Waals surface area contributed by atoms with Crippen LogP contribution >= 0.6 is 0 Å². The Hall–Kier alpha value is -0.650. The largest absolute Gasteiger partial charge is 0.465 e. The van der Waals surface area contributed by atoms with Gasteiger partial charge in [0.25, 0.3) is 0 Å². The SMILES string of the molecule is CCOC(=O)C(C)(CCCCN1CCOC(CC)C1)NC. The van der Waals surface area contributed by atoms with Crippen molar-refractivity contribution in [1.82, 2.24) is 10.2 Å². The van der Waals surface area contributed by atoms with E-state index in [1.54, 1.807) is 0 Å². The maximum atomic E-state index is 12.0. The van der Waals surface area contributed by atoms with Gasteiger partial charge in [-0.15, -0.1) is 0 Å². The lowest BCUT2D eigenvalue weighted by molar-refractivity contribution is -0.150. The molecule has 1 N–H and O–H groups in total. The Balaban J connectivity index is 2.27. The smallest absolute Gasteiger partial charge is 0.326 e.